The Balaban J connectivity index is 1.61. The summed E-state index contributed by atoms with van der Waals surface area (Å²) in [6.07, 6.45) is 11.2. The molecule has 4 nitrogen and oxygen atoms in total. The maximum Gasteiger partial charge on any atom is 0.0991 e. The monoisotopic (exact) mass is 412 g/mol. The molecule has 2 heterocycles. The molecular weight excluding hydrogens is 392 g/mol. The van der Waals surface area contributed by atoms with Gasteiger partial charge in [-0.1, -0.05) is 66.7 Å². The molecule has 0 aliphatic heterocycles. The summed E-state index contributed by atoms with van der Waals surface area (Å²) in [5, 5.41) is 2.46. The molecule has 0 unspecified atom stereocenters. The van der Waals surface area contributed by atoms with Crippen molar-refractivity contribution in [2.75, 3.05) is 0 Å². The molecule has 32 heavy (non-hydrogen) atoms. The second-order valence-electron chi connectivity index (χ2n) is 7.72. The van der Waals surface area contributed by atoms with Gasteiger partial charge in [0.05, 0.1) is 18.3 Å². The van der Waals surface area contributed by atoms with Crippen LogP contribution in [-0.4, -0.2) is 19.1 Å². The van der Waals surface area contributed by atoms with Gasteiger partial charge in [0, 0.05) is 36.0 Å². The first kappa shape index (κ1) is 18.3. The molecule has 0 aliphatic rings. The van der Waals surface area contributed by atoms with E-state index in [9.17, 15) is 0 Å². The molecule has 0 atom stereocenters. The van der Waals surface area contributed by atoms with Gasteiger partial charge in [0.25, 0.3) is 0 Å². The van der Waals surface area contributed by atoms with Gasteiger partial charge in [0.15, 0.2) is 0 Å². The second-order valence-corrected chi connectivity index (χ2v) is 7.72. The van der Waals surface area contributed by atoms with E-state index in [2.05, 4.69) is 99.5 Å². The lowest BCUT2D eigenvalue weighted by molar-refractivity contribution is 1.06. The number of rotatable bonds is 4. The lowest BCUT2D eigenvalue weighted by atomic mass is 9.90. The van der Waals surface area contributed by atoms with Crippen molar-refractivity contribution >= 4 is 10.8 Å². The van der Waals surface area contributed by atoms with E-state index >= 15 is 0 Å². The predicted octanol–water partition coefficient (Wildman–Crippen LogP) is 6.55. The molecule has 152 valence electrons. The van der Waals surface area contributed by atoms with Crippen LogP contribution < -0.4 is 0 Å². The van der Waals surface area contributed by atoms with E-state index in [1.165, 1.54) is 33.0 Å². The van der Waals surface area contributed by atoms with Crippen LogP contribution in [0, 0.1) is 0 Å². The van der Waals surface area contributed by atoms with Gasteiger partial charge in [0.1, 0.15) is 0 Å². The Labute approximate surface area is 186 Å². The number of fused-ring (bicyclic) bond motifs is 1. The number of hydrogen-bond acceptors (Lipinski definition) is 2. The van der Waals surface area contributed by atoms with Gasteiger partial charge in [-0.15, -0.1) is 0 Å². The summed E-state index contributed by atoms with van der Waals surface area (Å²) in [6, 6.07) is 30.1. The van der Waals surface area contributed by atoms with Crippen LogP contribution in [0.3, 0.4) is 0 Å². The van der Waals surface area contributed by atoms with Crippen molar-refractivity contribution in [3.63, 3.8) is 0 Å². The quantitative estimate of drug-likeness (QED) is 0.329. The highest BCUT2D eigenvalue weighted by molar-refractivity contribution is 6.07. The Morgan fingerprint density at radius 1 is 0.562 bits per heavy atom. The number of hydrogen-bond donors (Lipinski definition) is 0. The number of aromatic nitrogens is 4. The molecule has 0 amide bonds. The Kier molecular flexibility index (Phi) is 4.40. The van der Waals surface area contributed by atoms with Gasteiger partial charge in [-0.05, 0) is 45.7 Å². The second kappa shape index (κ2) is 7.67. The third-order valence-electron chi connectivity index (χ3n) is 5.84. The minimum absolute atomic E-state index is 1.09. The van der Waals surface area contributed by atoms with Gasteiger partial charge < -0.3 is 9.13 Å². The van der Waals surface area contributed by atoms with Crippen molar-refractivity contribution in [2.45, 2.75) is 0 Å². The molecule has 0 saturated carbocycles. The first-order valence-corrected chi connectivity index (χ1v) is 10.6. The van der Waals surface area contributed by atoms with Crippen LogP contribution in [-0.2, 0) is 0 Å². The van der Waals surface area contributed by atoms with Gasteiger partial charge in [-0.3, -0.25) is 0 Å². The normalized spacial score (nSPS) is 11.1. The zero-order chi connectivity index (χ0) is 21.3. The highest BCUT2D eigenvalue weighted by atomic mass is 15.0. The van der Waals surface area contributed by atoms with Crippen LogP contribution in [0.2, 0.25) is 0 Å². The molecule has 0 fully saturated rings. The van der Waals surface area contributed by atoms with Gasteiger partial charge in [0.2, 0.25) is 0 Å². The summed E-state index contributed by atoms with van der Waals surface area (Å²) in [5.74, 6) is 0. The number of nitrogens with zero attached hydrogens (tertiary/aromatic N) is 4. The van der Waals surface area contributed by atoms with E-state index in [0.29, 0.717) is 0 Å². The van der Waals surface area contributed by atoms with Crippen molar-refractivity contribution in [1.29, 1.82) is 0 Å². The molecule has 0 aliphatic carbocycles. The Morgan fingerprint density at radius 2 is 1.25 bits per heavy atom. The minimum Gasteiger partial charge on any atom is -0.306 e. The van der Waals surface area contributed by atoms with Gasteiger partial charge >= 0.3 is 0 Å². The van der Waals surface area contributed by atoms with Crippen LogP contribution in [0.15, 0.2) is 122 Å². The molecule has 6 rings (SSSR count). The standard InChI is InChI=1S/C28H20N4/c1-2-13-27(32-17-15-30-20-32)25(10-1)26-12-5-7-21-6-4-11-24(28(21)26)22-8-3-9-23(18-22)31-16-14-29-19-31/h1-20H. The first-order valence-electron chi connectivity index (χ1n) is 10.6. The maximum absolute atomic E-state index is 4.25. The molecule has 2 aromatic heterocycles. The van der Waals surface area contributed by atoms with E-state index in [-0.39, 0.29) is 0 Å². The molecule has 0 N–H and O–H groups in total. The van der Waals surface area contributed by atoms with Crippen molar-refractivity contribution in [3.05, 3.63) is 122 Å². The highest BCUT2D eigenvalue weighted by Crippen LogP contribution is 2.38. The van der Waals surface area contributed by atoms with Crippen molar-refractivity contribution < 1.29 is 0 Å². The van der Waals surface area contributed by atoms with E-state index in [4.69, 9.17) is 0 Å². The summed E-state index contributed by atoms with van der Waals surface area (Å²) < 4.78 is 4.10. The summed E-state index contributed by atoms with van der Waals surface area (Å²) in [5.41, 5.74) is 6.97. The molecular formula is C28H20N4. The number of benzene rings is 4. The average Bonchev–Trinajstić information content (AvgIpc) is 3.58. The minimum atomic E-state index is 1.09. The first-order chi connectivity index (χ1) is 15.9. The Morgan fingerprint density at radius 3 is 2.03 bits per heavy atom. The van der Waals surface area contributed by atoms with E-state index in [1.807, 2.05) is 35.8 Å². The summed E-state index contributed by atoms with van der Waals surface area (Å²) in [6.45, 7) is 0. The third-order valence-corrected chi connectivity index (χ3v) is 5.84. The third kappa shape index (κ3) is 3.10. The molecule has 0 spiro atoms. The SMILES string of the molecule is c1cc(-c2cccc3cccc(-c4ccccc4-n4ccnc4)c23)cc(-n2ccnc2)c1. The summed E-state index contributed by atoms with van der Waals surface area (Å²) >= 11 is 0. The van der Waals surface area contributed by atoms with Crippen molar-refractivity contribution in [1.82, 2.24) is 19.1 Å². The molecule has 0 bridgehead atoms. The number of para-hydroxylation sites is 1. The lowest BCUT2D eigenvalue weighted by Gasteiger charge is -2.16. The van der Waals surface area contributed by atoms with Crippen molar-refractivity contribution in [2.24, 2.45) is 0 Å². The van der Waals surface area contributed by atoms with Crippen LogP contribution in [0.25, 0.3) is 44.4 Å². The van der Waals surface area contributed by atoms with E-state index < -0.39 is 0 Å². The predicted molar refractivity (Wildman–Crippen MR) is 129 cm³/mol. The zero-order valence-electron chi connectivity index (χ0n) is 17.3. The summed E-state index contributed by atoms with van der Waals surface area (Å²) in [7, 11) is 0. The topological polar surface area (TPSA) is 35.6 Å². The molecule has 4 aromatic carbocycles. The average molecular weight is 412 g/mol. The smallest absolute Gasteiger partial charge is 0.0991 e. The zero-order valence-corrected chi connectivity index (χ0v) is 17.3. The fraction of sp³-hybridized carbons (Fsp3) is 0. The lowest BCUT2D eigenvalue weighted by Crippen LogP contribution is -1.95. The fourth-order valence-corrected chi connectivity index (χ4v) is 4.38. The molecule has 4 heteroatoms. The maximum atomic E-state index is 4.25. The highest BCUT2D eigenvalue weighted by Gasteiger charge is 2.14. The Hall–Kier alpha value is -4.44. The fourth-order valence-electron chi connectivity index (χ4n) is 4.38. The van der Waals surface area contributed by atoms with E-state index in [1.54, 1.807) is 6.20 Å². The molecule has 0 radical (unpaired) electrons. The van der Waals surface area contributed by atoms with Crippen LogP contribution in [0.1, 0.15) is 0 Å². The molecule has 6 aromatic rings. The van der Waals surface area contributed by atoms with Crippen LogP contribution in [0.4, 0.5) is 0 Å². The molecule has 0 saturated heterocycles. The van der Waals surface area contributed by atoms with Gasteiger partial charge in [-0.25, -0.2) is 9.97 Å². The Bertz CT molecular complexity index is 1510. The van der Waals surface area contributed by atoms with Gasteiger partial charge in [-0.2, -0.15) is 0 Å². The largest absolute Gasteiger partial charge is 0.306 e. The number of imidazole rings is 2. The van der Waals surface area contributed by atoms with Crippen LogP contribution in [0.5, 0.6) is 0 Å². The summed E-state index contributed by atoms with van der Waals surface area (Å²) in [4.78, 5) is 8.44. The van der Waals surface area contributed by atoms with Crippen LogP contribution >= 0.6 is 0 Å². The van der Waals surface area contributed by atoms with E-state index in [0.717, 1.165) is 11.4 Å². The van der Waals surface area contributed by atoms with Crippen molar-refractivity contribution in [3.8, 4) is 33.6 Å².